The normalized spacial score (nSPS) is 23.5. The Morgan fingerprint density at radius 2 is 1.88 bits per heavy atom. The molecule has 2 heterocycles. The van der Waals surface area contributed by atoms with E-state index in [1.54, 1.807) is 0 Å². The van der Waals surface area contributed by atoms with Crippen molar-refractivity contribution in [3.63, 3.8) is 0 Å². The van der Waals surface area contributed by atoms with Gasteiger partial charge in [0.15, 0.2) is 5.96 Å². The van der Waals surface area contributed by atoms with Crippen LogP contribution in [0.1, 0.15) is 39.5 Å². The maximum atomic E-state index is 4.84. The average Bonchev–Trinajstić information content (AvgIpc) is 2.97. The van der Waals surface area contributed by atoms with E-state index in [2.05, 4.69) is 46.2 Å². The summed E-state index contributed by atoms with van der Waals surface area (Å²) in [7, 11) is 2.23. The summed E-state index contributed by atoms with van der Waals surface area (Å²) in [4.78, 5) is 12.4. The van der Waals surface area contributed by atoms with Gasteiger partial charge < -0.3 is 20.4 Å². The number of nitrogens with one attached hydrogen (secondary N) is 2. The second kappa shape index (κ2) is 14.0. The monoisotopic (exact) mass is 480 g/mol. The molecular formula is C19H41IN6. The number of likely N-dealkylation sites (N-methyl/N-ethyl adjacent to an activating group) is 2. The smallest absolute Gasteiger partial charge is 0.191 e. The van der Waals surface area contributed by atoms with Crippen LogP contribution in [-0.2, 0) is 0 Å². The van der Waals surface area contributed by atoms with Crippen molar-refractivity contribution in [3.8, 4) is 0 Å². The minimum absolute atomic E-state index is 0. The number of hydrogen-bond donors (Lipinski definition) is 2. The van der Waals surface area contributed by atoms with E-state index < -0.39 is 0 Å². The summed E-state index contributed by atoms with van der Waals surface area (Å²) in [6.45, 7) is 15.7. The summed E-state index contributed by atoms with van der Waals surface area (Å²) >= 11 is 0. The first-order chi connectivity index (χ1) is 12.2. The lowest BCUT2D eigenvalue weighted by Gasteiger charge is -2.22. The molecule has 2 saturated heterocycles. The maximum Gasteiger partial charge on any atom is 0.191 e. The summed E-state index contributed by atoms with van der Waals surface area (Å²) in [5.41, 5.74) is 0. The molecule has 0 radical (unpaired) electrons. The molecule has 26 heavy (non-hydrogen) atoms. The van der Waals surface area contributed by atoms with E-state index in [0.29, 0.717) is 6.04 Å². The first-order valence-corrected chi connectivity index (χ1v) is 10.4. The molecule has 2 rings (SSSR count). The van der Waals surface area contributed by atoms with E-state index in [-0.39, 0.29) is 24.0 Å². The van der Waals surface area contributed by atoms with Gasteiger partial charge in [0.1, 0.15) is 0 Å². The average molecular weight is 480 g/mol. The third-order valence-electron chi connectivity index (χ3n) is 5.47. The van der Waals surface area contributed by atoms with Crippen LogP contribution in [0.15, 0.2) is 4.99 Å². The van der Waals surface area contributed by atoms with Gasteiger partial charge in [-0.1, -0.05) is 6.92 Å². The SMILES string of the molecule is CCNC(=NCC1CCCN1CC)NCCCN1CCCN(C)CC1.I. The van der Waals surface area contributed by atoms with E-state index >= 15 is 0 Å². The van der Waals surface area contributed by atoms with Crippen LogP contribution in [0.4, 0.5) is 0 Å². The van der Waals surface area contributed by atoms with Crippen molar-refractivity contribution in [1.29, 1.82) is 0 Å². The molecule has 0 amide bonds. The molecule has 0 aromatic rings. The zero-order valence-corrected chi connectivity index (χ0v) is 19.5. The molecular weight excluding hydrogens is 439 g/mol. The fourth-order valence-electron chi connectivity index (χ4n) is 3.89. The summed E-state index contributed by atoms with van der Waals surface area (Å²) in [6.07, 6.45) is 5.09. The van der Waals surface area contributed by atoms with Gasteiger partial charge in [-0.15, -0.1) is 24.0 Å². The third-order valence-corrected chi connectivity index (χ3v) is 5.47. The Labute approximate surface area is 178 Å². The topological polar surface area (TPSA) is 46.1 Å². The van der Waals surface area contributed by atoms with Crippen LogP contribution in [0, 0.1) is 0 Å². The van der Waals surface area contributed by atoms with Crippen molar-refractivity contribution < 1.29 is 0 Å². The summed E-state index contributed by atoms with van der Waals surface area (Å²) in [5, 5.41) is 6.92. The van der Waals surface area contributed by atoms with Crippen LogP contribution in [0.25, 0.3) is 0 Å². The zero-order valence-electron chi connectivity index (χ0n) is 17.2. The van der Waals surface area contributed by atoms with Crippen LogP contribution >= 0.6 is 24.0 Å². The lowest BCUT2D eigenvalue weighted by Crippen LogP contribution is -2.40. The molecule has 0 bridgehead atoms. The van der Waals surface area contributed by atoms with Crippen molar-refractivity contribution in [1.82, 2.24) is 25.3 Å². The fraction of sp³-hybridized carbons (Fsp3) is 0.947. The van der Waals surface area contributed by atoms with E-state index in [1.165, 1.54) is 65.0 Å². The van der Waals surface area contributed by atoms with Gasteiger partial charge in [0, 0.05) is 32.2 Å². The summed E-state index contributed by atoms with van der Waals surface area (Å²) < 4.78 is 0. The fourth-order valence-corrected chi connectivity index (χ4v) is 3.89. The van der Waals surface area contributed by atoms with Gasteiger partial charge in [-0.05, 0) is 72.4 Å². The van der Waals surface area contributed by atoms with Crippen LogP contribution < -0.4 is 10.6 Å². The van der Waals surface area contributed by atoms with Crippen molar-refractivity contribution in [2.45, 2.75) is 45.6 Å². The van der Waals surface area contributed by atoms with E-state index in [9.17, 15) is 0 Å². The van der Waals surface area contributed by atoms with Gasteiger partial charge in [0.2, 0.25) is 0 Å². The van der Waals surface area contributed by atoms with Gasteiger partial charge in [-0.2, -0.15) is 0 Å². The molecule has 7 heteroatoms. The quantitative estimate of drug-likeness (QED) is 0.240. The Kier molecular flexibility index (Phi) is 12.8. The molecule has 6 nitrogen and oxygen atoms in total. The number of guanidine groups is 1. The Morgan fingerprint density at radius 3 is 2.65 bits per heavy atom. The van der Waals surface area contributed by atoms with Crippen molar-refractivity contribution in [3.05, 3.63) is 0 Å². The van der Waals surface area contributed by atoms with Gasteiger partial charge in [-0.3, -0.25) is 9.89 Å². The molecule has 0 saturated carbocycles. The Bertz CT molecular complexity index is 392. The van der Waals surface area contributed by atoms with E-state index in [0.717, 1.165) is 32.1 Å². The van der Waals surface area contributed by atoms with Crippen molar-refractivity contribution in [2.24, 2.45) is 4.99 Å². The third kappa shape index (κ3) is 8.71. The van der Waals surface area contributed by atoms with Gasteiger partial charge >= 0.3 is 0 Å². The number of likely N-dealkylation sites (tertiary alicyclic amines) is 1. The number of hydrogen-bond acceptors (Lipinski definition) is 4. The standard InChI is InChI=1S/C19H40N6.HI/c1-4-20-19(22-17-18-9-6-14-25(18)5-2)21-10-7-12-24-13-8-11-23(3)15-16-24;/h18H,4-17H2,1-3H3,(H2,20,21,22);1H. The Balaban J connectivity index is 0.00000338. The van der Waals surface area contributed by atoms with Crippen LogP contribution in [-0.4, -0.2) is 99.2 Å². The number of rotatable bonds is 8. The van der Waals surface area contributed by atoms with E-state index in [4.69, 9.17) is 4.99 Å². The summed E-state index contributed by atoms with van der Waals surface area (Å²) in [5.74, 6) is 0.987. The molecule has 2 fully saturated rings. The highest BCUT2D eigenvalue weighted by Crippen LogP contribution is 2.16. The molecule has 1 unspecified atom stereocenters. The first-order valence-electron chi connectivity index (χ1n) is 10.4. The highest BCUT2D eigenvalue weighted by atomic mass is 127. The number of nitrogens with zero attached hydrogens (tertiary/aromatic N) is 4. The lowest BCUT2D eigenvalue weighted by atomic mass is 10.2. The molecule has 0 spiro atoms. The molecule has 2 aliphatic heterocycles. The van der Waals surface area contributed by atoms with Gasteiger partial charge in [0.05, 0.1) is 6.54 Å². The predicted molar refractivity (Wildman–Crippen MR) is 123 cm³/mol. The predicted octanol–water partition coefficient (Wildman–Crippen LogP) is 1.67. The molecule has 1 atom stereocenters. The van der Waals surface area contributed by atoms with Crippen LogP contribution in [0.2, 0.25) is 0 Å². The van der Waals surface area contributed by atoms with Gasteiger partial charge in [0.25, 0.3) is 0 Å². The van der Waals surface area contributed by atoms with Crippen molar-refractivity contribution >= 4 is 29.9 Å². The first kappa shape index (κ1) is 23.9. The maximum absolute atomic E-state index is 4.84. The van der Waals surface area contributed by atoms with Crippen LogP contribution in [0.3, 0.4) is 0 Å². The molecule has 2 aliphatic rings. The molecule has 0 aliphatic carbocycles. The second-order valence-corrected chi connectivity index (χ2v) is 7.42. The van der Waals surface area contributed by atoms with Crippen LogP contribution in [0.5, 0.6) is 0 Å². The highest BCUT2D eigenvalue weighted by molar-refractivity contribution is 14.0. The molecule has 2 N–H and O–H groups in total. The minimum atomic E-state index is 0. The van der Waals surface area contributed by atoms with E-state index in [1.807, 2.05) is 0 Å². The molecule has 0 aromatic carbocycles. The Morgan fingerprint density at radius 1 is 1.04 bits per heavy atom. The number of halogens is 1. The lowest BCUT2D eigenvalue weighted by molar-refractivity contribution is 0.272. The van der Waals surface area contributed by atoms with Gasteiger partial charge in [-0.25, -0.2) is 0 Å². The molecule has 0 aromatic heterocycles. The summed E-state index contributed by atoms with van der Waals surface area (Å²) in [6, 6.07) is 0.634. The number of aliphatic imine (C=N–C) groups is 1. The minimum Gasteiger partial charge on any atom is -0.357 e. The van der Waals surface area contributed by atoms with Crippen molar-refractivity contribution in [2.75, 3.05) is 72.5 Å². The Hall–Kier alpha value is -0.120. The molecule has 154 valence electrons. The largest absolute Gasteiger partial charge is 0.357 e. The second-order valence-electron chi connectivity index (χ2n) is 7.42. The zero-order chi connectivity index (χ0) is 17.9. The highest BCUT2D eigenvalue weighted by Gasteiger charge is 2.22.